The minimum absolute atomic E-state index is 0.108. The summed E-state index contributed by atoms with van der Waals surface area (Å²) in [6.07, 6.45) is 0.651. The first-order valence-corrected chi connectivity index (χ1v) is 9.20. The lowest BCUT2D eigenvalue weighted by Crippen LogP contribution is -2.50. The van der Waals surface area contributed by atoms with E-state index < -0.39 is 34.4 Å². The number of urea groups is 1. The van der Waals surface area contributed by atoms with Crippen LogP contribution in [0.3, 0.4) is 0 Å². The van der Waals surface area contributed by atoms with E-state index in [1.54, 1.807) is 0 Å². The first kappa shape index (κ1) is 18.8. The minimum atomic E-state index is -4.84. The lowest BCUT2D eigenvalue weighted by Gasteiger charge is -2.30. The molecular formula is C15H15N5O6S. The Kier molecular flexibility index (Phi) is 4.83. The summed E-state index contributed by atoms with van der Waals surface area (Å²) < 4.78 is 34.9. The molecule has 3 N–H and O–H groups in total. The van der Waals surface area contributed by atoms with Gasteiger partial charge in [-0.3, -0.25) is 14.8 Å². The summed E-state index contributed by atoms with van der Waals surface area (Å²) in [4.78, 5) is 29.0. The fourth-order valence-electron chi connectivity index (χ4n) is 3.10. The Morgan fingerprint density at radius 2 is 2.00 bits per heavy atom. The third-order valence-electron chi connectivity index (χ3n) is 4.34. The topological polar surface area (TPSA) is 144 Å². The average molecular weight is 393 g/mol. The normalized spacial score (nSPS) is 21.7. The van der Waals surface area contributed by atoms with Gasteiger partial charge in [0, 0.05) is 12.1 Å². The lowest BCUT2D eigenvalue weighted by molar-refractivity contribution is -0.0316. The van der Waals surface area contributed by atoms with Gasteiger partial charge in [0.1, 0.15) is 5.84 Å². The van der Waals surface area contributed by atoms with Crippen LogP contribution in [-0.2, 0) is 14.7 Å². The highest BCUT2D eigenvalue weighted by molar-refractivity contribution is 7.80. The number of benzene rings is 1. The first-order chi connectivity index (χ1) is 12.7. The zero-order valence-electron chi connectivity index (χ0n) is 13.8. The molecule has 3 amide bonds. The number of nitrogens with one attached hydrogen (secondary N) is 2. The van der Waals surface area contributed by atoms with Gasteiger partial charge in [-0.25, -0.2) is 9.64 Å². The van der Waals surface area contributed by atoms with E-state index in [1.165, 1.54) is 29.2 Å². The molecule has 0 radical (unpaired) electrons. The van der Waals surface area contributed by atoms with Gasteiger partial charge in [0.05, 0.1) is 18.7 Å². The zero-order valence-corrected chi connectivity index (χ0v) is 14.6. The van der Waals surface area contributed by atoms with Gasteiger partial charge >= 0.3 is 16.4 Å². The number of amides is 3. The smallest absolute Gasteiger partial charge is 0.310 e. The largest absolute Gasteiger partial charge is 0.418 e. The van der Waals surface area contributed by atoms with Crippen molar-refractivity contribution < 1.29 is 26.8 Å². The fraction of sp³-hybridized carbons (Fsp3) is 0.333. The van der Waals surface area contributed by atoms with E-state index in [0.717, 1.165) is 0 Å². The van der Waals surface area contributed by atoms with Crippen LogP contribution in [0.5, 0.6) is 0 Å². The number of piperidine rings is 1. The van der Waals surface area contributed by atoms with Crippen molar-refractivity contribution in [2.75, 3.05) is 6.54 Å². The Hall–Kier alpha value is -3.01. The van der Waals surface area contributed by atoms with Gasteiger partial charge in [-0.1, -0.05) is 24.3 Å². The van der Waals surface area contributed by atoms with Crippen molar-refractivity contribution in [1.82, 2.24) is 15.3 Å². The van der Waals surface area contributed by atoms with E-state index in [-0.39, 0.29) is 17.9 Å². The molecule has 2 atom stereocenters. The minimum Gasteiger partial charge on any atom is -0.310 e. The third kappa shape index (κ3) is 3.90. The van der Waals surface area contributed by atoms with Gasteiger partial charge in [0.25, 0.3) is 5.91 Å². The molecule has 2 heterocycles. The van der Waals surface area contributed by atoms with Crippen molar-refractivity contribution in [3.63, 3.8) is 0 Å². The van der Waals surface area contributed by atoms with Crippen molar-refractivity contribution >= 4 is 33.9 Å². The Morgan fingerprint density at radius 3 is 2.59 bits per heavy atom. The molecule has 2 fully saturated rings. The molecule has 1 aromatic rings. The maximum Gasteiger partial charge on any atom is 0.418 e. The molecule has 27 heavy (non-hydrogen) atoms. The molecule has 0 aliphatic carbocycles. The van der Waals surface area contributed by atoms with E-state index >= 15 is 0 Å². The molecule has 2 saturated heterocycles. The summed E-state index contributed by atoms with van der Waals surface area (Å²) in [5.74, 6) is -0.772. The van der Waals surface area contributed by atoms with Gasteiger partial charge in [-0.05, 0) is 12.8 Å². The average Bonchev–Trinajstić information content (AvgIpc) is 2.85. The first-order valence-electron chi connectivity index (χ1n) is 7.84. The maximum atomic E-state index is 12.3. The van der Waals surface area contributed by atoms with Crippen LogP contribution in [0, 0.1) is 12.0 Å². The lowest BCUT2D eigenvalue weighted by atomic mass is 10.00. The van der Waals surface area contributed by atoms with Gasteiger partial charge < -0.3 is 10.2 Å². The Bertz CT molecular complexity index is 938. The Balaban J connectivity index is 1.68. The van der Waals surface area contributed by atoms with Crippen LogP contribution in [0.1, 0.15) is 23.2 Å². The van der Waals surface area contributed by atoms with Crippen LogP contribution >= 0.6 is 0 Å². The second-order valence-corrected chi connectivity index (χ2v) is 7.04. The highest BCUT2D eigenvalue weighted by Crippen LogP contribution is 2.30. The standard InChI is InChI=1S/C15H15N5O6S/c1-17-10-4-2-9(3-5-10)14(21)18-13(16)12-7-6-11-8-19(12)15(22)20(11)26-27(23,24)25/h2-5,11-12H,6-8H2,(H2,16,18,21)(H,23,24,25)/t11-,12+/m1/s1. The SMILES string of the molecule is [C-]#[N+]c1ccc(C(=O)NC(=N)[C@@H]2CC[C@@H]3CN2C(=O)N3OS(=O)(=O)O)cc1. The molecule has 2 aliphatic rings. The zero-order chi connectivity index (χ0) is 19.8. The molecule has 2 bridgehead atoms. The van der Waals surface area contributed by atoms with Crippen LogP contribution in [-0.4, -0.2) is 59.3 Å². The predicted molar refractivity (Wildman–Crippen MR) is 91.3 cm³/mol. The highest BCUT2D eigenvalue weighted by atomic mass is 32.3. The quantitative estimate of drug-likeness (QED) is 0.301. The van der Waals surface area contributed by atoms with Gasteiger partial charge in [-0.15, -0.1) is 4.28 Å². The number of hydroxylamine groups is 2. The molecular weight excluding hydrogens is 378 g/mol. The molecule has 2 aliphatic heterocycles. The second kappa shape index (κ2) is 6.95. The Labute approximate surface area is 154 Å². The van der Waals surface area contributed by atoms with Crippen LogP contribution in [0.2, 0.25) is 0 Å². The van der Waals surface area contributed by atoms with E-state index in [4.69, 9.17) is 16.5 Å². The highest BCUT2D eigenvalue weighted by Gasteiger charge is 2.48. The summed E-state index contributed by atoms with van der Waals surface area (Å²) in [6.45, 7) is 7.00. The number of fused-ring (bicyclic) bond motifs is 2. The number of hydrogen-bond acceptors (Lipinski definition) is 6. The number of hydrogen-bond donors (Lipinski definition) is 3. The maximum absolute atomic E-state index is 12.3. The molecule has 0 unspecified atom stereocenters. The summed E-state index contributed by atoms with van der Waals surface area (Å²) >= 11 is 0. The number of amidine groups is 1. The van der Waals surface area contributed by atoms with Gasteiger partial charge in [-0.2, -0.15) is 13.5 Å². The summed E-state index contributed by atoms with van der Waals surface area (Å²) in [6, 6.07) is 3.73. The molecule has 0 saturated carbocycles. The fourth-order valence-corrected chi connectivity index (χ4v) is 3.49. The van der Waals surface area contributed by atoms with Crippen LogP contribution < -0.4 is 5.32 Å². The van der Waals surface area contributed by atoms with Crippen LogP contribution in [0.25, 0.3) is 4.85 Å². The van der Waals surface area contributed by atoms with Crippen molar-refractivity contribution in [1.29, 1.82) is 5.41 Å². The molecule has 0 spiro atoms. The molecule has 11 nitrogen and oxygen atoms in total. The number of rotatable bonds is 4. The van der Waals surface area contributed by atoms with Crippen molar-refractivity contribution in [3.05, 3.63) is 41.2 Å². The van der Waals surface area contributed by atoms with E-state index in [1.807, 2.05) is 0 Å². The van der Waals surface area contributed by atoms with Crippen molar-refractivity contribution in [2.24, 2.45) is 0 Å². The number of nitrogens with zero attached hydrogens (tertiary/aromatic N) is 3. The third-order valence-corrected chi connectivity index (χ3v) is 4.69. The van der Waals surface area contributed by atoms with Gasteiger partial charge in [0.2, 0.25) is 0 Å². The van der Waals surface area contributed by atoms with E-state index in [0.29, 0.717) is 23.6 Å². The van der Waals surface area contributed by atoms with E-state index in [2.05, 4.69) is 14.4 Å². The van der Waals surface area contributed by atoms with Crippen molar-refractivity contribution in [2.45, 2.75) is 24.9 Å². The number of carbonyl (C=O) groups excluding carboxylic acids is 2. The molecule has 3 rings (SSSR count). The Morgan fingerprint density at radius 1 is 1.33 bits per heavy atom. The molecule has 1 aromatic carbocycles. The van der Waals surface area contributed by atoms with Crippen molar-refractivity contribution in [3.8, 4) is 0 Å². The number of carbonyl (C=O) groups is 2. The molecule has 142 valence electrons. The monoisotopic (exact) mass is 393 g/mol. The van der Waals surface area contributed by atoms with Crippen LogP contribution in [0.4, 0.5) is 10.5 Å². The summed E-state index contributed by atoms with van der Waals surface area (Å²) in [5, 5.41) is 11.1. The second-order valence-electron chi connectivity index (χ2n) is 6.04. The van der Waals surface area contributed by atoms with Crippen LogP contribution in [0.15, 0.2) is 24.3 Å². The predicted octanol–water partition coefficient (Wildman–Crippen LogP) is 0.947. The summed E-state index contributed by atoms with van der Waals surface area (Å²) in [7, 11) is -4.84. The van der Waals surface area contributed by atoms with Gasteiger partial charge in [0.15, 0.2) is 5.69 Å². The molecule has 0 aromatic heterocycles. The molecule has 12 heteroatoms. The summed E-state index contributed by atoms with van der Waals surface area (Å²) in [5.41, 5.74) is 0.631. The van der Waals surface area contributed by atoms with E-state index in [9.17, 15) is 18.0 Å².